The zero-order chi connectivity index (χ0) is 24.3. The Morgan fingerprint density at radius 1 is 1.32 bits per heavy atom. The van der Waals surface area contributed by atoms with Gasteiger partial charge in [-0.3, -0.25) is 9.48 Å². The first-order chi connectivity index (χ1) is 16.4. The number of fused-ring (bicyclic) bond motifs is 1. The van der Waals surface area contributed by atoms with Gasteiger partial charge in [-0.15, -0.1) is 0 Å². The SMILES string of the molecule is CCc1nn(C[C@@H](C)COC(=O)c2ccc(OC)c(C)c2)c2c1C(=O)NCC1(CCOCC1)C2. The van der Waals surface area contributed by atoms with E-state index in [1.165, 1.54) is 0 Å². The van der Waals surface area contributed by atoms with Crippen molar-refractivity contribution in [1.82, 2.24) is 15.1 Å². The van der Waals surface area contributed by atoms with Crippen LogP contribution in [0.15, 0.2) is 18.2 Å². The van der Waals surface area contributed by atoms with Gasteiger partial charge in [-0.2, -0.15) is 5.10 Å². The van der Waals surface area contributed by atoms with Crippen molar-refractivity contribution in [1.29, 1.82) is 0 Å². The van der Waals surface area contributed by atoms with E-state index in [4.69, 9.17) is 19.3 Å². The Morgan fingerprint density at radius 2 is 2.09 bits per heavy atom. The second-order valence-corrected chi connectivity index (χ2v) is 9.66. The van der Waals surface area contributed by atoms with Crippen LogP contribution in [0.25, 0.3) is 0 Å². The molecule has 0 aliphatic carbocycles. The van der Waals surface area contributed by atoms with Crippen molar-refractivity contribution in [2.45, 2.75) is 53.0 Å². The lowest BCUT2D eigenvalue weighted by Gasteiger charge is -2.36. The number of aromatic nitrogens is 2. The van der Waals surface area contributed by atoms with Crippen molar-refractivity contribution < 1.29 is 23.8 Å². The average molecular weight is 470 g/mol. The third-order valence-electron chi connectivity index (χ3n) is 7.03. The number of amides is 1. The number of rotatable bonds is 7. The maximum atomic E-state index is 13.0. The van der Waals surface area contributed by atoms with Crippen molar-refractivity contribution in [3.8, 4) is 5.75 Å². The Morgan fingerprint density at radius 3 is 2.76 bits per heavy atom. The lowest BCUT2D eigenvalue weighted by Crippen LogP contribution is -2.41. The van der Waals surface area contributed by atoms with Gasteiger partial charge in [0, 0.05) is 32.2 Å². The number of nitrogens with zero attached hydrogens (tertiary/aromatic N) is 2. The van der Waals surface area contributed by atoms with Crippen LogP contribution in [0.3, 0.4) is 0 Å². The van der Waals surface area contributed by atoms with E-state index in [0.717, 1.165) is 60.7 Å². The third kappa shape index (κ3) is 4.97. The zero-order valence-electron chi connectivity index (χ0n) is 20.6. The van der Waals surface area contributed by atoms with Crippen LogP contribution in [0.4, 0.5) is 0 Å². The number of esters is 1. The lowest BCUT2D eigenvalue weighted by molar-refractivity contribution is 0.0151. The Labute approximate surface area is 201 Å². The summed E-state index contributed by atoms with van der Waals surface area (Å²) in [5.41, 5.74) is 3.95. The van der Waals surface area contributed by atoms with E-state index >= 15 is 0 Å². The molecule has 1 amide bonds. The van der Waals surface area contributed by atoms with Gasteiger partial charge < -0.3 is 19.5 Å². The van der Waals surface area contributed by atoms with Gasteiger partial charge in [0.2, 0.25) is 0 Å². The molecule has 8 heteroatoms. The summed E-state index contributed by atoms with van der Waals surface area (Å²) in [5, 5.41) is 7.95. The molecule has 0 unspecified atom stereocenters. The Hall–Kier alpha value is -2.87. The molecular formula is C26H35N3O5. The Balaban J connectivity index is 1.48. The summed E-state index contributed by atoms with van der Waals surface area (Å²) in [6, 6.07) is 5.27. The van der Waals surface area contributed by atoms with Gasteiger partial charge in [0.25, 0.3) is 5.91 Å². The number of hydrogen-bond acceptors (Lipinski definition) is 6. The molecule has 184 valence electrons. The van der Waals surface area contributed by atoms with Gasteiger partial charge in [0.15, 0.2) is 0 Å². The van der Waals surface area contributed by atoms with E-state index in [0.29, 0.717) is 25.1 Å². The van der Waals surface area contributed by atoms with Crippen molar-refractivity contribution >= 4 is 11.9 Å². The van der Waals surface area contributed by atoms with Crippen LogP contribution in [0.1, 0.15) is 64.4 Å². The van der Waals surface area contributed by atoms with Crippen molar-refractivity contribution in [3.63, 3.8) is 0 Å². The van der Waals surface area contributed by atoms with Crippen molar-refractivity contribution in [3.05, 3.63) is 46.3 Å². The van der Waals surface area contributed by atoms with E-state index in [1.807, 2.05) is 25.5 Å². The largest absolute Gasteiger partial charge is 0.496 e. The second kappa shape index (κ2) is 10.2. The molecule has 4 rings (SSSR count). The first kappa shape index (κ1) is 24.3. The first-order valence-corrected chi connectivity index (χ1v) is 12.1. The number of carbonyl (C=O) groups excluding carboxylic acids is 2. The zero-order valence-corrected chi connectivity index (χ0v) is 20.6. The van der Waals surface area contributed by atoms with Crippen LogP contribution in [-0.2, 0) is 28.9 Å². The predicted octanol–water partition coefficient (Wildman–Crippen LogP) is 3.34. The maximum Gasteiger partial charge on any atom is 0.338 e. The minimum Gasteiger partial charge on any atom is -0.496 e. The first-order valence-electron chi connectivity index (χ1n) is 12.1. The number of methoxy groups -OCH3 is 1. The number of carbonyl (C=O) groups is 2. The summed E-state index contributed by atoms with van der Waals surface area (Å²) in [6.07, 6.45) is 3.34. The molecule has 2 aliphatic rings. The van der Waals surface area contributed by atoms with Crippen LogP contribution in [0, 0.1) is 18.3 Å². The molecule has 1 fully saturated rings. The van der Waals surface area contributed by atoms with Gasteiger partial charge in [-0.1, -0.05) is 13.8 Å². The normalized spacial score (nSPS) is 18.1. The number of benzene rings is 1. The molecular weight excluding hydrogens is 434 g/mol. The third-order valence-corrected chi connectivity index (χ3v) is 7.03. The molecule has 1 aromatic carbocycles. The molecule has 0 bridgehead atoms. The quantitative estimate of drug-likeness (QED) is 0.626. The summed E-state index contributed by atoms with van der Waals surface area (Å²) in [5.74, 6) is 0.387. The monoisotopic (exact) mass is 469 g/mol. The summed E-state index contributed by atoms with van der Waals surface area (Å²) in [7, 11) is 1.61. The predicted molar refractivity (Wildman–Crippen MR) is 127 cm³/mol. The highest BCUT2D eigenvalue weighted by atomic mass is 16.5. The number of aryl methyl sites for hydroxylation is 2. The highest BCUT2D eigenvalue weighted by molar-refractivity contribution is 5.97. The summed E-state index contributed by atoms with van der Waals surface area (Å²) < 4.78 is 18.4. The summed E-state index contributed by atoms with van der Waals surface area (Å²) in [4.78, 5) is 25.6. The average Bonchev–Trinajstić information content (AvgIpc) is 3.10. The van der Waals surface area contributed by atoms with E-state index in [2.05, 4.69) is 5.32 Å². The molecule has 34 heavy (non-hydrogen) atoms. The minimum absolute atomic E-state index is 0.00385. The highest BCUT2D eigenvalue weighted by Gasteiger charge is 2.39. The van der Waals surface area contributed by atoms with E-state index < -0.39 is 0 Å². The molecule has 0 radical (unpaired) electrons. The van der Waals surface area contributed by atoms with Crippen LogP contribution in [0.2, 0.25) is 0 Å². The molecule has 2 aliphatic heterocycles. The summed E-state index contributed by atoms with van der Waals surface area (Å²) >= 11 is 0. The Bertz CT molecular complexity index is 1050. The van der Waals surface area contributed by atoms with Crippen LogP contribution in [-0.4, -0.2) is 55.1 Å². The van der Waals surface area contributed by atoms with Gasteiger partial charge in [-0.05, 0) is 61.8 Å². The summed E-state index contributed by atoms with van der Waals surface area (Å²) in [6.45, 7) is 8.91. The smallest absolute Gasteiger partial charge is 0.338 e. The molecule has 1 N–H and O–H groups in total. The maximum absolute atomic E-state index is 13.0. The Kier molecular flexibility index (Phi) is 7.26. The molecule has 1 spiro atoms. The van der Waals surface area contributed by atoms with E-state index in [1.54, 1.807) is 25.3 Å². The molecule has 1 aromatic heterocycles. The molecule has 2 aromatic rings. The molecule has 1 atom stereocenters. The van der Waals surface area contributed by atoms with Gasteiger partial charge >= 0.3 is 5.97 Å². The lowest BCUT2D eigenvalue weighted by atomic mass is 9.76. The standard InChI is InChI=1S/C26H35N3O5/c1-5-20-23-21(13-26(16-27-24(23)30)8-10-33-11-9-26)29(28-20)14-17(2)15-34-25(31)19-6-7-22(32-4)18(3)12-19/h6-7,12,17H,5,8-11,13-16H2,1-4H3,(H,27,30)/t17-/m1/s1. The molecule has 3 heterocycles. The molecule has 1 saturated heterocycles. The number of ether oxygens (including phenoxy) is 3. The van der Waals surface area contributed by atoms with E-state index in [-0.39, 0.29) is 29.8 Å². The minimum atomic E-state index is -0.355. The van der Waals surface area contributed by atoms with Crippen LogP contribution in [0.5, 0.6) is 5.75 Å². The fourth-order valence-electron chi connectivity index (χ4n) is 4.98. The van der Waals surface area contributed by atoms with Crippen molar-refractivity contribution in [2.75, 3.05) is 33.5 Å². The van der Waals surface area contributed by atoms with Gasteiger partial charge in [0.1, 0.15) is 5.75 Å². The second-order valence-electron chi connectivity index (χ2n) is 9.66. The van der Waals surface area contributed by atoms with Gasteiger partial charge in [0.05, 0.1) is 36.2 Å². The molecule has 8 nitrogen and oxygen atoms in total. The highest BCUT2D eigenvalue weighted by Crippen LogP contribution is 2.37. The fraction of sp³-hybridized carbons (Fsp3) is 0.577. The fourth-order valence-corrected chi connectivity index (χ4v) is 4.98. The van der Waals surface area contributed by atoms with Crippen LogP contribution < -0.4 is 10.1 Å². The molecule has 0 saturated carbocycles. The van der Waals surface area contributed by atoms with Gasteiger partial charge in [-0.25, -0.2) is 4.79 Å². The van der Waals surface area contributed by atoms with Crippen molar-refractivity contribution in [2.24, 2.45) is 11.3 Å². The number of nitrogens with one attached hydrogen (secondary N) is 1. The topological polar surface area (TPSA) is 91.7 Å². The number of hydrogen-bond donors (Lipinski definition) is 1. The van der Waals surface area contributed by atoms with Crippen LogP contribution >= 0.6 is 0 Å². The van der Waals surface area contributed by atoms with E-state index in [9.17, 15) is 9.59 Å².